The van der Waals surface area contributed by atoms with E-state index in [0.717, 1.165) is 28.8 Å². The third-order valence-corrected chi connectivity index (χ3v) is 6.66. The molecule has 1 N–H and O–H groups in total. The monoisotopic (exact) mass is 446 g/mol. The van der Waals surface area contributed by atoms with E-state index in [9.17, 15) is 9.59 Å². The van der Waals surface area contributed by atoms with E-state index in [2.05, 4.69) is 22.5 Å². The van der Waals surface area contributed by atoms with Crippen LogP contribution in [-0.4, -0.2) is 33.8 Å². The van der Waals surface area contributed by atoms with Crippen molar-refractivity contribution in [3.05, 3.63) is 70.4 Å². The zero-order valence-corrected chi connectivity index (χ0v) is 18.7. The summed E-state index contributed by atoms with van der Waals surface area (Å²) in [5, 5.41) is 8.19. The molecule has 8 heteroatoms. The average molecular weight is 447 g/mol. The molecule has 0 radical (unpaired) electrons. The van der Waals surface area contributed by atoms with Crippen molar-refractivity contribution in [2.75, 3.05) is 12.4 Å². The number of benzene rings is 2. The Balaban J connectivity index is 1.44. The Morgan fingerprint density at radius 1 is 1.03 bits per heavy atom. The number of carbonyl (C=O) groups excluding carboxylic acids is 2. The molecule has 0 saturated heterocycles. The minimum atomic E-state index is -0.442. The maximum Gasteiger partial charge on any atom is 0.337 e. The van der Waals surface area contributed by atoms with Gasteiger partial charge in [0.2, 0.25) is 5.13 Å². The summed E-state index contributed by atoms with van der Waals surface area (Å²) in [5.74, 6) is -0.185. The summed E-state index contributed by atoms with van der Waals surface area (Å²) >= 11 is 1.57. The maximum absolute atomic E-state index is 12.8. The summed E-state index contributed by atoms with van der Waals surface area (Å²) in [4.78, 5) is 29.2. The number of carbonyl (C=O) groups is 2. The number of aryl methyl sites for hydroxylation is 3. The van der Waals surface area contributed by atoms with Gasteiger partial charge in [0.15, 0.2) is 0 Å². The number of fused-ring (bicyclic) bond motifs is 2. The molecule has 0 fully saturated rings. The van der Waals surface area contributed by atoms with Crippen LogP contribution in [0.1, 0.15) is 50.4 Å². The Kier molecular flexibility index (Phi) is 5.22. The van der Waals surface area contributed by atoms with Crippen molar-refractivity contribution in [1.82, 2.24) is 14.8 Å². The van der Waals surface area contributed by atoms with Gasteiger partial charge in [-0.3, -0.25) is 4.79 Å². The molecule has 32 heavy (non-hydrogen) atoms. The largest absolute Gasteiger partial charge is 0.465 e. The number of anilines is 1. The Bertz CT molecular complexity index is 1290. The molecule has 1 aliphatic rings. The van der Waals surface area contributed by atoms with Crippen LogP contribution in [-0.2, 0) is 17.6 Å². The molecule has 2 heterocycles. The van der Waals surface area contributed by atoms with Crippen molar-refractivity contribution in [2.45, 2.75) is 32.6 Å². The van der Waals surface area contributed by atoms with E-state index in [4.69, 9.17) is 9.72 Å². The summed E-state index contributed by atoms with van der Waals surface area (Å²) in [5.41, 5.74) is 5.37. The molecule has 5 rings (SSSR count). The van der Waals surface area contributed by atoms with E-state index >= 15 is 0 Å². The second kappa shape index (κ2) is 8.20. The van der Waals surface area contributed by atoms with Crippen LogP contribution in [0.4, 0.5) is 5.82 Å². The van der Waals surface area contributed by atoms with Gasteiger partial charge in [0, 0.05) is 11.6 Å². The van der Waals surface area contributed by atoms with E-state index in [1.807, 2.05) is 13.0 Å². The van der Waals surface area contributed by atoms with Gasteiger partial charge < -0.3 is 10.1 Å². The highest BCUT2D eigenvalue weighted by molar-refractivity contribution is 7.20. The van der Waals surface area contributed by atoms with Crippen LogP contribution in [0, 0.1) is 6.92 Å². The van der Waals surface area contributed by atoms with Crippen LogP contribution in [0.2, 0.25) is 0 Å². The van der Waals surface area contributed by atoms with E-state index in [1.54, 1.807) is 40.3 Å². The topological polar surface area (TPSA) is 86.1 Å². The number of amides is 1. The van der Waals surface area contributed by atoms with Crippen LogP contribution < -0.4 is 5.32 Å². The first kappa shape index (κ1) is 20.4. The molecule has 162 valence electrons. The molecule has 0 saturated carbocycles. The van der Waals surface area contributed by atoms with Gasteiger partial charge in [0.25, 0.3) is 5.91 Å². The third kappa shape index (κ3) is 3.78. The number of rotatable bonds is 4. The number of methoxy groups -OCH3 is 1. The molecule has 0 aliphatic heterocycles. The predicted molar refractivity (Wildman–Crippen MR) is 124 cm³/mol. The van der Waals surface area contributed by atoms with Crippen molar-refractivity contribution < 1.29 is 14.3 Å². The molecule has 1 amide bonds. The molecule has 7 nitrogen and oxygen atoms in total. The van der Waals surface area contributed by atoms with Gasteiger partial charge in [0.05, 0.1) is 28.6 Å². The van der Waals surface area contributed by atoms with E-state index in [-0.39, 0.29) is 5.91 Å². The first-order valence-corrected chi connectivity index (χ1v) is 11.3. The third-order valence-electron chi connectivity index (χ3n) is 5.66. The van der Waals surface area contributed by atoms with Crippen LogP contribution in [0.3, 0.4) is 0 Å². The van der Waals surface area contributed by atoms with Gasteiger partial charge in [-0.05, 0) is 80.1 Å². The van der Waals surface area contributed by atoms with Crippen molar-refractivity contribution in [2.24, 2.45) is 0 Å². The molecule has 4 aromatic rings. The lowest BCUT2D eigenvalue weighted by Crippen LogP contribution is -2.15. The van der Waals surface area contributed by atoms with Crippen molar-refractivity contribution in [1.29, 1.82) is 0 Å². The number of hydrogen-bond acceptors (Lipinski definition) is 6. The lowest BCUT2D eigenvalue weighted by molar-refractivity contribution is 0.0600. The smallest absolute Gasteiger partial charge is 0.337 e. The Morgan fingerprint density at radius 3 is 2.44 bits per heavy atom. The Labute approximate surface area is 189 Å². The maximum atomic E-state index is 12.8. The average Bonchev–Trinajstić information content (AvgIpc) is 3.39. The minimum Gasteiger partial charge on any atom is -0.465 e. The Morgan fingerprint density at radius 2 is 1.72 bits per heavy atom. The molecular formula is C24H22N4O3S. The highest BCUT2D eigenvalue weighted by Gasteiger charge is 2.18. The van der Waals surface area contributed by atoms with Gasteiger partial charge in [0.1, 0.15) is 5.82 Å². The number of thiazole rings is 1. The number of hydrogen-bond donors (Lipinski definition) is 1. The summed E-state index contributed by atoms with van der Waals surface area (Å²) < 4.78 is 7.51. The van der Waals surface area contributed by atoms with Crippen molar-refractivity contribution in [3.63, 3.8) is 0 Å². The standard InChI is InChI=1S/C24H22N4O3S/c1-14-11-21(26-22(29)15-7-9-16(10-8-15)23(30)31-2)28(27-14)24-25-19-12-17-5-3-4-6-18(17)13-20(19)32-24/h7-13H,3-6H2,1-2H3,(H,26,29). The summed E-state index contributed by atoms with van der Waals surface area (Å²) in [7, 11) is 1.32. The highest BCUT2D eigenvalue weighted by Crippen LogP contribution is 2.32. The lowest BCUT2D eigenvalue weighted by atomic mass is 9.92. The number of esters is 1. The zero-order chi connectivity index (χ0) is 22.2. The van der Waals surface area contributed by atoms with E-state index < -0.39 is 5.97 Å². The lowest BCUT2D eigenvalue weighted by Gasteiger charge is -2.14. The van der Waals surface area contributed by atoms with Crippen molar-refractivity contribution in [3.8, 4) is 5.13 Å². The van der Waals surface area contributed by atoms with Gasteiger partial charge in [-0.15, -0.1) is 0 Å². The number of nitrogens with one attached hydrogen (secondary N) is 1. The van der Waals surface area contributed by atoms with Gasteiger partial charge in [-0.2, -0.15) is 9.78 Å². The summed E-state index contributed by atoms with van der Waals surface area (Å²) in [6.07, 6.45) is 4.69. The van der Waals surface area contributed by atoms with Crippen LogP contribution in [0.25, 0.3) is 15.3 Å². The number of nitrogens with zero attached hydrogens (tertiary/aromatic N) is 3. The minimum absolute atomic E-state index is 0.292. The zero-order valence-electron chi connectivity index (χ0n) is 17.8. The van der Waals surface area contributed by atoms with E-state index in [1.165, 1.54) is 31.1 Å². The highest BCUT2D eigenvalue weighted by atomic mass is 32.1. The quantitative estimate of drug-likeness (QED) is 0.459. The fourth-order valence-corrected chi connectivity index (χ4v) is 5.01. The summed E-state index contributed by atoms with van der Waals surface area (Å²) in [6, 6.07) is 12.6. The van der Waals surface area contributed by atoms with Crippen molar-refractivity contribution >= 4 is 39.2 Å². The van der Waals surface area contributed by atoms with Crippen LogP contribution in [0.15, 0.2) is 42.5 Å². The fourth-order valence-electron chi connectivity index (χ4n) is 4.03. The molecule has 2 aromatic carbocycles. The SMILES string of the molecule is COC(=O)c1ccc(C(=O)Nc2cc(C)nn2-c2nc3cc4c(cc3s2)CCCC4)cc1. The molecule has 0 spiro atoms. The molecule has 0 bridgehead atoms. The van der Waals surface area contributed by atoms with Crippen LogP contribution >= 0.6 is 11.3 Å². The molecule has 1 aliphatic carbocycles. The first-order valence-electron chi connectivity index (χ1n) is 10.5. The van der Waals surface area contributed by atoms with Gasteiger partial charge in [-0.1, -0.05) is 11.3 Å². The van der Waals surface area contributed by atoms with Crippen LogP contribution in [0.5, 0.6) is 0 Å². The second-order valence-corrected chi connectivity index (χ2v) is 8.91. The number of aromatic nitrogens is 3. The van der Waals surface area contributed by atoms with E-state index in [0.29, 0.717) is 22.1 Å². The fraction of sp³-hybridized carbons (Fsp3) is 0.250. The molecule has 0 atom stereocenters. The normalized spacial score (nSPS) is 13.1. The summed E-state index contributed by atoms with van der Waals surface area (Å²) in [6.45, 7) is 1.88. The first-order chi connectivity index (χ1) is 15.5. The molecule has 2 aromatic heterocycles. The Hall–Kier alpha value is -3.52. The molecule has 0 unspecified atom stereocenters. The molecular weight excluding hydrogens is 424 g/mol. The van der Waals surface area contributed by atoms with Gasteiger partial charge >= 0.3 is 5.97 Å². The predicted octanol–water partition coefficient (Wildman–Crippen LogP) is 4.71. The second-order valence-electron chi connectivity index (χ2n) is 7.90. The number of ether oxygens (including phenoxy) is 1. The van der Waals surface area contributed by atoms with Gasteiger partial charge in [-0.25, -0.2) is 9.78 Å².